The van der Waals surface area contributed by atoms with E-state index in [1.807, 2.05) is 19.9 Å². The number of nitrogens with one attached hydrogen (secondary N) is 1. The second-order valence-electron chi connectivity index (χ2n) is 6.02. The van der Waals surface area contributed by atoms with E-state index >= 15 is 0 Å². The molecule has 1 fully saturated rings. The zero-order valence-corrected chi connectivity index (χ0v) is 14.2. The first kappa shape index (κ1) is 18.5. The maximum atomic E-state index is 12.5. The molecule has 2 rings (SSSR count). The molecule has 2 unspecified atom stereocenters. The molecule has 0 radical (unpaired) electrons. The number of carboxylic acids is 1. The normalized spacial score (nSPS) is 20.7. The lowest BCUT2D eigenvalue weighted by molar-refractivity contribution is -0.138. The predicted octanol–water partition coefficient (Wildman–Crippen LogP) is 1.52. The number of carbonyl (C=O) groups is 2. The Labute approximate surface area is 146 Å². The minimum atomic E-state index is -0.981. The Morgan fingerprint density at radius 1 is 1.32 bits per heavy atom. The topological polar surface area (TPSA) is 103 Å². The lowest BCUT2D eigenvalue weighted by Gasteiger charge is -2.35. The summed E-state index contributed by atoms with van der Waals surface area (Å²) in [7, 11) is 0. The summed E-state index contributed by atoms with van der Waals surface area (Å²) < 4.78 is 5.59. The quantitative estimate of drug-likeness (QED) is 0.621. The monoisotopic (exact) mass is 343 g/mol. The van der Waals surface area contributed by atoms with Gasteiger partial charge < -0.3 is 20.1 Å². The average molecular weight is 343 g/mol. The summed E-state index contributed by atoms with van der Waals surface area (Å²) in [6.07, 6.45) is 1.28. The number of aromatic carboxylic acids is 1. The second-order valence-corrected chi connectivity index (χ2v) is 6.02. The number of carbonyl (C=O) groups excluding carboxylic acids is 1. The summed E-state index contributed by atoms with van der Waals surface area (Å²) in [4.78, 5) is 24.9. The molecule has 1 aromatic carbocycles. The van der Waals surface area contributed by atoms with Gasteiger partial charge in [0.05, 0.1) is 17.8 Å². The SMILES string of the molecule is CC1CN(C(=O)/C(C#N)=C\NCc2ccc(C(=O)O)cc2)CC(C)O1. The van der Waals surface area contributed by atoms with Gasteiger partial charge in [0, 0.05) is 25.8 Å². The van der Waals surface area contributed by atoms with E-state index in [4.69, 9.17) is 9.84 Å². The standard InChI is InChI=1S/C18H21N3O4/c1-12-10-21(11-13(2)25-12)17(22)16(7-19)9-20-8-14-3-5-15(6-4-14)18(23)24/h3-6,9,12-13,20H,8,10-11H2,1-2H3,(H,23,24)/b16-9-. The lowest BCUT2D eigenvalue weighted by Crippen LogP contribution is -2.48. The van der Waals surface area contributed by atoms with Crippen LogP contribution in [0.1, 0.15) is 29.8 Å². The number of carboxylic acid groups (broad SMARTS) is 1. The van der Waals surface area contributed by atoms with E-state index in [1.165, 1.54) is 18.3 Å². The molecule has 25 heavy (non-hydrogen) atoms. The Kier molecular flexibility index (Phi) is 6.14. The summed E-state index contributed by atoms with van der Waals surface area (Å²) in [6.45, 7) is 5.08. The van der Waals surface area contributed by atoms with Gasteiger partial charge in [-0.15, -0.1) is 0 Å². The van der Waals surface area contributed by atoms with Gasteiger partial charge in [-0.1, -0.05) is 12.1 Å². The van der Waals surface area contributed by atoms with Gasteiger partial charge in [-0.05, 0) is 31.5 Å². The van der Waals surface area contributed by atoms with Gasteiger partial charge in [-0.25, -0.2) is 4.79 Å². The van der Waals surface area contributed by atoms with Crippen LogP contribution >= 0.6 is 0 Å². The highest BCUT2D eigenvalue weighted by Crippen LogP contribution is 2.13. The fourth-order valence-electron chi connectivity index (χ4n) is 2.69. The van der Waals surface area contributed by atoms with Crippen LogP contribution in [-0.4, -0.2) is 47.2 Å². The minimum absolute atomic E-state index is 0.0310. The number of benzene rings is 1. The van der Waals surface area contributed by atoms with Gasteiger partial charge >= 0.3 is 5.97 Å². The first-order valence-electron chi connectivity index (χ1n) is 8.01. The van der Waals surface area contributed by atoms with Crippen LogP contribution in [0, 0.1) is 11.3 Å². The van der Waals surface area contributed by atoms with Crippen molar-refractivity contribution in [3.63, 3.8) is 0 Å². The molecule has 0 bridgehead atoms. The number of morpholine rings is 1. The summed E-state index contributed by atoms with van der Waals surface area (Å²) >= 11 is 0. The second kappa shape index (κ2) is 8.31. The number of nitrogens with zero attached hydrogens (tertiary/aromatic N) is 2. The highest BCUT2D eigenvalue weighted by atomic mass is 16.5. The Balaban J connectivity index is 1.96. The molecule has 0 aliphatic carbocycles. The molecule has 1 amide bonds. The summed E-state index contributed by atoms with van der Waals surface area (Å²) in [5.74, 6) is -1.30. The number of amides is 1. The third-order valence-corrected chi connectivity index (χ3v) is 3.81. The van der Waals surface area contributed by atoms with Crippen LogP contribution in [0.4, 0.5) is 0 Å². The van der Waals surface area contributed by atoms with E-state index < -0.39 is 5.97 Å². The van der Waals surface area contributed by atoms with Gasteiger partial charge in [0.25, 0.3) is 5.91 Å². The fourth-order valence-corrected chi connectivity index (χ4v) is 2.69. The third-order valence-electron chi connectivity index (χ3n) is 3.81. The van der Waals surface area contributed by atoms with Crippen molar-refractivity contribution in [3.05, 3.63) is 47.2 Å². The fraction of sp³-hybridized carbons (Fsp3) is 0.389. The third kappa shape index (κ3) is 5.06. The Hall–Kier alpha value is -2.85. The molecule has 1 saturated heterocycles. The van der Waals surface area contributed by atoms with Crippen molar-refractivity contribution in [2.45, 2.75) is 32.6 Å². The van der Waals surface area contributed by atoms with Crippen LogP contribution in [-0.2, 0) is 16.1 Å². The maximum absolute atomic E-state index is 12.5. The van der Waals surface area contributed by atoms with Gasteiger partial charge in [-0.2, -0.15) is 5.26 Å². The molecule has 1 aliphatic heterocycles. The highest BCUT2D eigenvalue weighted by molar-refractivity contribution is 5.97. The number of rotatable bonds is 5. The Morgan fingerprint density at radius 3 is 2.44 bits per heavy atom. The molecule has 2 N–H and O–H groups in total. The van der Waals surface area contributed by atoms with Crippen LogP contribution < -0.4 is 5.32 Å². The van der Waals surface area contributed by atoms with Crippen LogP contribution in [0.3, 0.4) is 0 Å². The van der Waals surface area contributed by atoms with Crippen LogP contribution in [0.2, 0.25) is 0 Å². The molecule has 0 aromatic heterocycles. The van der Waals surface area contributed by atoms with Crippen molar-refractivity contribution in [2.75, 3.05) is 13.1 Å². The molecule has 0 saturated carbocycles. The Morgan fingerprint density at radius 2 is 1.92 bits per heavy atom. The smallest absolute Gasteiger partial charge is 0.335 e. The van der Waals surface area contributed by atoms with E-state index in [0.29, 0.717) is 19.6 Å². The molecule has 1 heterocycles. The average Bonchev–Trinajstić information content (AvgIpc) is 2.57. The molecule has 1 aromatic rings. The zero-order chi connectivity index (χ0) is 18.4. The first-order chi connectivity index (χ1) is 11.9. The predicted molar refractivity (Wildman–Crippen MR) is 90.5 cm³/mol. The first-order valence-corrected chi connectivity index (χ1v) is 8.01. The zero-order valence-electron chi connectivity index (χ0n) is 14.2. The van der Waals surface area contributed by atoms with Crippen LogP contribution in [0.25, 0.3) is 0 Å². The summed E-state index contributed by atoms with van der Waals surface area (Å²) in [5, 5.41) is 21.1. The van der Waals surface area contributed by atoms with Crippen molar-refractivity contribution < 1.29 is 19.4 Å². The highest BCUT2D eigenvalue weighted by Gasteiger charge is 2.27. The summed E-state index contributed by atoms with van der Waals surface area (Å²) in [6, 6.07) is 8.32. The lowest BCUT2D eigenvalue weighted by atomic mass is 10.1. The number of ether oxygens (including phenoxy) is 1. The van der Waals surface area contributed by atoms with E-state index in [0.717, 1.165) is 5.56 Å². The van der Waals surface area contributed by atoms with Gasteiger partial charge in [0.1, 0.15) is 11.6 Å². The molecule has 0 spiro atoms. The van der Waals surface area contributed by atoms with Gasteiger partial charge in [-0.3, -0.25) is 4.79 Å². The number of nitriles is 1. The Bertz CT molecular complexity index is 696. The van der Waals surface area contributed by atoms with Crippen molar-refractivity contribution in [1.82, 2.24) is 10.2 Å². The van der Waals surface area contributed by atoms with Crippen molar-refractivity contribution in [1.29, 1.82) is 5.26 Å². The molecule has 2 atom stereocenters. The summed E-state index contributed by atoms with van der Waals surface area (Å²) in [5.41, 5.74) is 1.09. The minimum Gasteiger partial charge on any atom is -0.478 e. The van der Waals surface area contributed by atoms with Crippen molar-refractivity contribution in [3.8, 4) is 6.07 Å². The molecule has 7 nitrogen and oxygen atoms in total. The van der Waals surface area contributed by atoms with Crippen molar-refractivity contribution in [2.24, 2.45) is 0 Å². The molecular formula is C18H21N3O4. The molecular weight excluding hydrogens is 322 g/mol. The van der Waals surface area contributed by atoms with Crippen molar-refractivity contribution >= 4 is 11.9 Å². The largest absolute Gasteiger partial charge is 0.478 e. The molecule has 1 aliphatic rings. The van der Waals surface area contributed by atoms with E-state index in [-0.39, 0.29) is 29.3 Å². The maximum Gasteiger partial charge on any atom is 0.335 e. The van der Waals surface area contributed by atoms with E-state index in [1.54, 1.807) is 17.0 Å². The molecule has 132 valence electrons. The number of hydrogen-bond donors (Lipinski definition) is 2. The van der Waals surface area contributed by atoms with E-state index in [2.05, 4.69) is 5.32 Å². The van der Waals surface area contributed by atoms with E-state index in [9.17, 15) is 14.9 Å². The van der Waals surface area contributed by atoms with Gasteiger partial charge in [0.2, 0.25) is 0 Å². The van der Waals surface area contributed by atoms with Gasteiger partial charge in [0.15, 0.2) is 0 Å². The van der Waals surface area contributed by atoms with Crippen LogP contribution in [0.5, 0.6) is 0 Å². The number of hydrogen-bond acceptors (Lipinski definition) is 5. The van der Waals surface area contributed by atoms with Crippen LogP contribution in [0.15, 0.2) is 36.0 Å². The molecule has 7 heteroatoms.